The molecule has 2 aliphatic rings. The van der Waals surface area contributed by atoms with Gasteiger partial charge in [-0.3, -0.25) is 4.79 Å². The minimum atomic E-state index is 0.312. The Morgan fingerprint density at radius 3 is 2.93 bits per heavy atom. The monoisotopic (exact) mass is 409 g/mol. The molecular weight excluding hydrogens is 380 g/mol. The van der Waals surface area contributed by atoms with Gasteiger partial charge in [0.05, 0.1) is 27.5 Å². The highest BCUT2D eigenvalue weighted by molar-refractivity contribution is 7.18. The van der Waals surface area contributed by atoms with Gasteiger partial charge < -0.3 is 14.4 Å². The summed E-state index contributed by atoms with van der Waals surface area (Å²) in [5, 5.41) is 1.19. The summed E-state index contributed by atoms with van der Waals surface area (Å²) in [4.78, 5) is 21.6. The number of carbonyl (C=O) groups is 1. The lowest BCUT2D eigenvalue weighted by Crippen LogP contribution is -3.11. The van der Waals surface area contributed by atoms with Gasteiger partial charge in [-0.15, -0.1) is 11.3 Å². The Kier molecular flexibility index (Phi) is 5.14. The summed E-state index contributed by atoms with van der Waals surface area (Å²) in [5.74, 6) is 0.689. The number of carbonyl (C=O) groups excluding carboxylic acids is 1. The van der Waals surface area contributed by atoms with Gasteiger partial charge >= 0.3 is 0 Å². The van der Waals surface area contributed by atoms with E-state index in [1.54, 1.807) is 11.3 Å². The van der Waals surface area contributed by atoms with Crippen LogP contribution < -0.4 is 4.90 Å². The zero-order valence-corrected chi connectivity index (χ0v) is 17.8. The maximum absolute atomic E-state index is 13.2. The van der Waals surface area contributed by atoms with Crippen LogP contribution in [-0.4, -0.2) is 46.5 Å². The summed E-state index contributed by atoms with van der Waals surface area (Å²) in [6.45, 7) is 3.42. The number of thiazole rings is 1. The zero-order valence-electron chi connectivity index (χ0n) is 17.0. The number of para-hydroxylation sites is 1. The van der Waals surface area contributed by atoms with Crippen LogP contribution in [0.5, 0.6) is 0 Å². The highest BCUT2D eigenvalue weighted by atomic mass is 32.1. The lowest BCUT2D eigenvalue weighted by atomic mass is 9.98. The van der Waals surface area contributed by atoms with Gasteiger partial charge in [-0.2, -0.15) is 0 Å². The van der Waals surface area contributed by atoms with E-state index in [0.717, 1.165) is 38.0 Å². The van der Waals surface area contributed by atoms with Gasteiger partial charge in [-0.25, -0.2) is 4.98 Å². The van der Waals surface area contributed by atoms with Crippen molar-refractivity contribution in [2.24, 2.45) is 7.05 Å². The number of aromatic nitrogens is 2. The third-order valence-corrected chi connectivity index (χ3v) is 7.84. The van der Waals surface area contributed by atoms with Gasteiger partial charge in [-0.1, -0.05) is 12.1 Å². The van der Waals surface area contributed by atoms with E-state index < -0.39 is 0 Å². The van der Waals surface area contributed by atoms with Crippen LogP contribution in [0.4, 0.5) is 0 Å². The molecule has 4 heterocycles. The predicted octanol–water partition coefficient (Wildman–Crippen LogP) is 2.76. The maximum atomic E-state index is 13.2. The molecule has 1 N–H and O–H groups in total. The lowest BCUT2D eigenvalue weighted by Gasteiger charge is -2.33. The smallest absolute Gasteiger partial charge is 0.277 e. The van der Waals surface area contributed by atoms with Crippen molar-refractivity contribution in [2.75, 3.05) is 26.2 Å². The zero-order chi connectivity index (χ0) is 19.8. The number of nitrogens with one attached hydrogen (secondary N) is 1. The normalized spacial score (nSPS) is 25.0. The Morgan fingerprint density at radius 1 is 1.21 bits per heavy atom. The molecule has 1 aromatic carbocycles. The van der Waals surface area contributed by atoms with E-state index in [-0.39, 0.29) is 0 Å². The SMILES string of the molecule is Cn1cccc1[C@@H]1CCC[NH+]1CC(=O)N1CCC[C@H](c2nc3ccccc3s2)C1. The first kappa shape index (κ1) is 18.8. The van der Waals surface area contributed by atoms with Crippen LogP contribution in [0.2, 0.25) is 0 Å². The summed E-state index contributed by atoms with van der Waals surface area (Å²) < 4.78 is 3.46. The van der Waals surface area contributed by atoms with E-state index in [9.17, 15) is 4.79 Å². The summed E-state index contributed by atoms with van der Waals surface area (Å²) in [5.41, 5.74) is 2.44. The molecule has 0 aliphatic carbocycles. The van der Waals surface area contributed by atoms with Crippen LogP contribution in [0.25, 0.3) is 10.2 Å². The van der Waals surface area contributed by atoms with Gasteiger partial charge in [0.2, 0.25) is 0 Å². The molecule has 2 aromatic heterocycles. The van der Waals surface area contributed by atoms with Gasteiger partial charge in [0.15, 0.2) is 6.54 Å². The molecule has 5 rings (SSSR count). The Bertz CT molecular complexity index is 976. The first-order valence-corrected chi connectivity index (χ1v) is 11.6. The molecule has 0 saturated carbocycles. The fourth-order valence-corrected chi connectivity index (χ4v) is 6.19. The molecule has 3 aromatic rings. The molecule has 0 bridgehead atoms. The molecule has 5 nitrogen and oxygen atoms in total. The third kappa shape index (κ3) is 3.71. The van der Waals surface area contributed by atoms with E-state index >= 15 is 0 Å². The first-order valence-electron chi connectivity index (χ1n) is 10.8. The van der Waals surface area contributed by atoms with Gasteiger partial charge in [0.1, 0.15) is 6.04 Å². The standard InChI is InChI=1S/C23H28N4OS/c1-25-12-5-9-19(25)20-10-6-13-26(20)16-22(28)27-14-4-7-17(15-27)23-24-18-8-2-3-11-21(18)29-23/h2-3,5,8-9,11-12,17,20H,4,6-7,10,13-16H2,1H3/p+1/t17-,20-/m0/s1. The van der Waals surface area contributed by atoms with Crippen LogP contribution in [0.1, 0.15) is 48.3 Å². The summed E-state index contributed by atoms with van der Waals surface area (Å²) in [6, 6.07) is 13.1. The van der Waals surface area contributed by atoms with E-state index in [2.05, 4.69) is 53.0 Å². The summed E-state index contributed by atoms with van der Waals surface area (Å²) in [7, 11) is 2.11. The summed E-state index contributed by atoms with van der Waals surface area (Å²) >= 11 is 1.79. The Morgan fingerprint density at radius 2 is 2.10 bits per heavy atom. The molecule has 0 radical (unpaired) electrons. The second-order valence-corrected chi connectivity index (χ2v) is 9.58. The largest absolute Gasteiger partial charge is 0.350 e. The van der Waals surface area contributed by atoms with E-state index in [0.29, 0.717) is 24.4 Å². The number of fused-ring (bicyclic) bond motifs is 1. The van der Waals surface area contributed by atoms with Crippen molar-refractivity contribution in [1.29, 1.82) is 0 Å². The molecule has 1 unspecified atom stereocenters. The van der Waals surface area contributed by atoms with E-state index in [1.807, 2.05) is 6.07 Å². The quantitative estimate of drug-likeness (QED) is 0.720. The molecule has 2 aliphatic heterocycles. The van der Waals surface area contributed by atoms with Crippen molar-refractivity contribution in [2.45, 2.75) is 37.6 Å². The van der Waals surface area contributed by atoms with Gasteiger partial charge in [-0.05, 0) is 37.1 Å². The van der Waals surface area contributed by atoms with Gasteiger partial charge in [0.25, 0.3) is 5.91 Å². The average molecular weight is 410 g/mol. The minimum absolute atomic E-state index is 0.312. The first-order chi connectivity index (χ1) is 14.2. The number of nitrogens with zero attached hydrogens (tertiary/aromatic N) is 3. The summed E-state index contributed by atoms with van der Waals surface area (Å²) in [6.07, 6.45) is 6.69. The molecule has 152 valence electrons. The van der Waals surface area contributed by atoms with Crippen molar-refractivity contribution in [3.63, 3.8) is 0 Å². The van der Waals surface area contributed by atoms with Crippen molar-refractivity contribution >= 4 is 27.5 Å². The molecule has 6 heteroatoms. The number of likely N-dealkylation sites (tertiary alicyclic amines) is 2. The number of aryl methyl sites for hydroxylation is 1. The average Bonchev–Trinajstić information content (AvgIpc) is 3.47. The van der Waals surface area contributed by atoms with Crippen molar-refractivity contribution < 1.29 is 9.69 Å². The fraction of sp³-hybridized carbons (Fsp3) is 0.478. The van der Waals surface area contributed by atoms with Crippen molar-refractivity contribution in [3.05, 3.63) is 53.3 Å². The molecule has 1 amide bonds. The molecule has 3 atom stereocenters. The maximum Gasteiger partial charge on any atom is 0.277 e. The van der Waals surface area contributed by atoms with Crippen molar-refractivity contribution in [1.82, 2.24) is 14.5 Å². The Hall–Kier alpha value is -2.18. The lowest BCUT2D eigenvalue weighted by molar-refractivity contribution is -0.911. The number of hydrogen-bond donors (Lipinski definition) is 1. The number of quaternary nitrogens is 1. The van der Waals surface area contributed by atoms with Crippen LogP contribution in [-0.2, 0) is 11.8 Å². The van der Waals surface area contributed by atoms with Crippen LogP contribution in [0.15, 0.2) is 42.6 Å². The number of amides is 1. The second kappa shape index (κ2) is 7.92. The van der Waals surface area contributed by atoms with Crippen LogP contribution in [0, 0.1) is 0 Å². The molecule has 0 spiro atoms. The Labute approximate surface area is 175 Å². The Balaban J connectivity index is 1.27. The molecule has 29 heavy (non-hydrogen) atoms. The minimum Gasteiger partial charge on any atom is -0.350 e. The molecule has 2 saturated heterocycles. The van der Waals surface area contributed by atoms with E-state index in [4.69, 9.17) is 4.98 Å². The second-order valence-electron chi connectivity index (χ2n) is 8.52. The third-order valence-electron chi connectivity index (χ3n) is 6.64. The number of rotatable bonds is 4. The molecular formula is C23H29N4OS+. The van der Waals surface area contributed by atoms with Gasteiger partial charge in [0, 0.05) is 45.1 Å². The highest BCUT2D eigenvalue weighted by Crippen LogP contribution is 2.33. The highest BCUT2D eigenvalue weighted by Gasteiger charge is 2.35. The fourth-order valence-electron chi connectivity index (χ4n) is 5.09. The van der Waals surface area contributed by atoms with Crippen LogP contribution >= 0.6 is 11.3 Å². The van der Waals surface area contributed by atoms with Crippen molar-refractivity contribution in [3.8, 4) is 0 Å². The molecule has 2 fully saturated rings. The van der Waals surface area contributed by atoms with Crippen LogP contribution in [0.3, 0.4) is 0 Å². The number of hydrogen-bond acceptors (Lipinski definition) is 3. The van der Waals surface area contributed by atoms with E-state index in [1.165, 1.54) is 33.1 Å². The number of benzene rings is 1. The number of piperidine rings is 1. The predicted molar refractivity (Wildman–Crippen MR) is 116 cm³/mol. The topological polar surface area (TPSA) is 42.6 Å².